The van der Waals surface area contributed by atoms with E-state index in [1.807, 2.05) is 4.90 Å². The van der Waals surface area contributed by atoms with Crippen LogP contribution in [0.3, 0.4) is 0 Å². The molecule has 0 unspecified atom stereocenters. The summed E-state index contributed by atoms with van der Waals surface area (Å²) in [6.45, 7) is 8.33. The lowest BCUT2D eigenvalue weighted by Crippen LogP contribution is -2.44. The Morgan fingerprint density at radius 3 is 2.64 bits per heavy atom. The number of nitrogens with zero attached hydrogens (tertiary/aromatic N) is 1. The predicted molar refractivity (Wildman–Crippen MR) is 56.0 cm³/mol. The van der Waals surface area contributed by atoms with E-state index in [-0.39, 0.29) is 5.41 Å². The van der Waals surface area contributed by atoms with E-state index in [1.165, 1.54) is 6.42 Å². The van der Waals surface area contributed by atoms with Gasteiger partial charge in [-0.15, -0.1) is 0 Å². The van der Waals surface area contributed by atoms with Crippen molar-refractivity contribution in [3.63, 3.8) is 0 Å². The molecule has 0 aromatic carbocycles. The SMILES string of the molecule is CC1(C)CCN(CCC2CNC2)C1=O. The van der Waals surface area contributed by atoms with Crippen LogP contribution in [0.1, 0.15) is 26.7 Å². The fraction of sp³-hybridized carbons (Fsp3) is 0.909. The Hall–Kier alpha value is -0.570. The van der Waals surface area contributed by atoms with Gasteiger partial charge in [0.25, 0.3) is 0 Å². The van der Waals surface area contributed by atoms with Crippen LogP contribution in [0.25, 0.3) is 0 Å². The van der Waals surface area contributed by atoms with Gasteiger partial charge in [0.1, 0.15) is 0 Å². The normalized spacial score (nSPS) is 26.7. The Balaban J connectivity index is 1.78. The number of rotatable bonds is 3. The van der Waals surface area contributed by atoms with Crippen LogP contribution < -0.4 is 5.32 Å². The van der Waals surface area contributed by atoms with Crippen LogP contribution in [0.15, 0.2) is 0 Å². The molecule has 2 heterocycles. The van der Waals surface area contributed by atoms with Crippen LogP contribution >= 0.6 is 0 Å². The van der Waals surface area contributed by atoms with E-state index in [2.05, 4.69) is 19.2 Å². The van der Waals surface area contributed by atoms with Crippen molar-refractivity contribution in [2.24, 2.45) is 11.3 Å². The van der Waals surface area contributed by atoms with Gasteiger partial charge >= 0.3 is 0 Å². The summed E-state index contributed by atoms with van der Waals surface area (Å²) in [6, 6.07) is 0. The number of likely N-dealkylation sites (tertiary alicyclic amines) is 1. The number of hydrogen-bond donors (Lipinski definition) is 1. The molecule has 0 atom stereocenters. The number of hydrogen-bond acceptors (Lipinski definition) is 2. The van der Waals surface area contributed by atoms with Gasteiger partial charge < -0.3 is 10.2 Å². The molecule has 0 spiro atoms. The Labute approximate surface area is 85.8 Å². The highest BCUT2D eigenvalue weighted by atomic mass is 16.2. The largest absolute Gasteiger partial charge is 0.342 e. The average Bonchev–Trinajstić information content (AvgIpc) is 2.28. The van der Waals surface area contributed by atoms with Crippen LogP contribution in [-0.4, -0.2) is 37.0 Å². The van der Waals surface area contributed by atoms with Crippen LogP contribution in [0.4, 0.5) is 0 Å². The highest BCUT2D eigenvalue weighted by Crippen LogP contribution is 2.30. The Morgan fingerprint density at radius 2 is 2.21 bits per heavy atom. The van der Waals surface area contributed by atoms with Crippen molar-refractivity contribution in [2.45, 2.75) is 26.7 Å². The van der Waals surface area contributed by atoms with E-state index >= 15 is 0 Å². The zero-order valence-corrected chi connectivity index (χ0v) is 9.18. The van der Waals surface area contributed by atoms with Crippen LogP contribution in [-0.2, 0) is 4.79 Å². The Bertz CT molecular complexity index is 233. The van der Waals surface area contributed by atoms with Crippen molar-refractivity contribution in [2.75, 3.05) is 26.2 Å². The molecule has 2 aliphatic heterocycles. The summed E-state index contributed by atoms with van der Waals surface area (Å²) >= 11 is 0. The minimum Gasteiger partial charge on any atom is -0.342 e. The average molecular weight is 196 g/mol. The molecule has 0 saturated carbocycles. The highest BCUT2D eigenvalue weighted by molar-refractivity contribution is 5.83. The Morgan fingerprint density at radius 1 is 1.50 bits per heavy atom. The lowest BCUT2D eigenvalue weighted by molar-refractivity contribution is -0.134. The molecule has 0 aromatic rings. The Kier molecular flexibility index (Phi) is 2.52. The number of nitrogens with one attached hydrogen (secondary N) is 1. The van der Waals surface area contributed by atoms with Gasteiger partial charge in [0, 0.05) is 18.5 Å². The maximum Gasteiger partial charge on any atom is 0.228 e. The van der Waals surface area contributed by atoms with Gasteiger partial charge in [0.05, 0.1) is 0 Å². The third-order valence-corrected chi connectivity index (χ3v) is 3.55. The summed E-state index contributed by atoms with van der Waals surface area (Å²) in [5.41, 5.74) is -0.0993. The molecule has 0 radical (unpaired) electrons. The molecule has 3 heteroatoms. The van der Waals surface area contributed by atoms with Gasteiger partial charge in [-0.25, -0.2) is 0 Å². The van der Waals surface area contributed by atoms with E-state index in [0.29, 0.717) is 5.91 Å². The number of carbonyl (C=O) groups is 1. The van der Waals surface area contributed by atoms with Crippen LogP contribution in [0.5, 0.6) is 0 Å². The molecular formula is C11H20N2O. The van der Waals surface area contributed by atoms with Gasteiger partial charge in [0.15, 0.2) is 0 Å². The minimum atomic E-state index is -0.0993. The molecule has 80 valence electrons. The lowest BCUT2D eigenvalue weighted by Gasteiger charge is -2.29. The first-order chi connectivity index (χ1) is 6.59. The van der Waals surface area contributed by atoms with Gasteiger partial charge in [-0.3, -0.25) is 4.79 Å². The lowest BCUT2D eigenvalue weighted by atomic mass is 9.92. The topological polar surface area (TPSA) is 32.3 Å². The van der Waals surface area contributed by atoms with E-state index in [9.17, 15) is 4.79 Å². The summed E-state index contributed by atoms with van der Waals surface area (Å²) < 4.78 is 0. The van der Waals surface area contributed by atoms with Crippen molar-refractivity contribution in [3.8, 4) is 0 Å². The minimum absolute atomic E-state index is 0.0993. The molecule has 2 fully saturated rings. The van der Waals surface area contributed by atoms with E-state index in [1.54, 1.807) is 0 Å². The molecule has 1 amide bonds. The number of amides is 1. The maximum atomic E-state index is 11.9. The van der Waals surface area contributed by atoms with Gasteiger partial charge in [-0.05, 0) is 31.8 Å². The first kappa shape index (κ1) is 9.97. The second kappa shape index (κ2) is 3.54. The molecule has 2 aliphatic rings. The van der Waals surface area contributed by atoms with E-state index in [0.717, 1.165) is 38.5 Å². The highest BCUT2D eigenvalue weighted by Gasteiger charge is 2.38. The van der Waals surface area contributed by atoms with Crippen molar-refractivity contribution < 1.29 is 4.79 Å². The standard InChI is InChI=1S/C11H20N2O/c1-11(2)4-6-13(10(11)14)5-3-9-7-12-8-9/h9,12H,3-8H2,1-2H3. The molecule has 2 saturated heterocycles. The summed E-state index contributed by atoms with van der Waals surface area (Å²) in [5.74, 6) is 1.16. The van der Waals surface area contributed by atoms with Gasteiger partial charge in [-0.1, -0.05) is 13.8 Å². The van der Waals surface area contributed by atoms with Crippen LogP contribution in [0, 0.1) is 11.3 Å². The first-order valence-electron chi connectivity index (χ1n) is 5.60. The van der Waals surface area contributed by atoms with Crippen molar-refractivity contribution in [1.29, 1.82) is 0 Å². The third kappa shape index (κ3) is 1.78. The smallest absolute Gasteiger partial charge is 0.228 e. The summed E-state index contributed by atoms with van der Waals surface area (Å²) in [7, 11) is 0. The molecule has 2 rings (SSSR count). The van der Waals surface area contributed by atoms with Gasteiger partial charge in [-0.2, -0.15) is 0 Å². The fourth-order valence-corrected chi connectivity index (χ4v) is 2.16. The first-order valence-corrected chi connectivity index (χ1v) is 5.60. The van der Waals surface area contributed by atoms with E-state index in [4.69, 9.17) is 0 Å². The monoisotopic (exact) mass is 196 g/mol. The number of carbonyl (C=O) groups excluding carboxylic acids is 1. The zero-order valence-electron chi connectivity index (χ0n) is 9.18. The maximum absolute atomic E-state index is 11.9. The van der Waals surface area contributed by atoms with Gasteiger partial charge in [0.2, 0.25) is 5.91 Å². The zero-order chi connectivity index (χ0) is 10.2. The molecule has 0 aliphatic carbocycles. The second-order valence-electron chi connectivity index (χ2n) is 5.24. The molecule has 1 N–H and O–H groups in total. The molecule has 0 aromatic heterocycles. The van der Waals surface area contributed by atoms with Crippen molar-refractivity contribution in [1.82, 2.24) is 10.2 Å². The molecule has 3 nitrogen and oxygen atoms in total. The molecule has 14 heavy (non-hydrogen) atoms. The van der Waals surface area contributed by atoms with Crippen molar-refractivity contribution >= 4 is 5.91 Å². The summed E-state index contributed by atoms with van der Waals surface area (Å²) in [6.07, 6.45) is 2.20. The quantitative estimate of drug-likeness (QED) is 0.726. The van der Waals surface area contributed by atoms with E-state index < -0.39 is 0 Å². The fourth-order valence-electron chi connectivity index (χ4n) is 2.16. The second-order valence-corrected chi connectivity index (χ2v) is 5.24. The summed E-state index contributed by atoms with van der Waals surface area (Å²) in [5, 5.41) is 3.26. The molecule has 0 bridgehead atoms. The third-order valence-electron chi connectivity index (χ3n) is 3.55. The van der Waals surface area contributed by atoms with Crippen molar-refractivity contribution in [3.05, 3.63) is 0 Å². The predicted octanol–water partition coefficient (Wildman–Crippen LogP) is 0.854. The molecular weight excluding hydrogens is 176 g/mol. The summed E-state index contributed by atoms with van der Waals surface area (Å²) in [4.78, 5) is 13.9. The van der Waals surface area contributed by atoms with Crippen LogP contribution in [0.2, 0.25) is 0 Å².